The molecule has 0 spiro atoms. The van der Waals surface area contributed by atoms with E-state index in [1.807, 2.05) is 30.3 Å². The summed E-state index contributed by atoms with van der Waals surface area (Å²) in [6.07, 6.45) is 5.08. The first-order chi connectivity index (χ1) is 14.4. The summed E-state index contributed by atoms with van der Waals surface area (Å²) in [5, 5.41) is 23.8. The minimum absolute atomic E-state index is 0.126. The lowest BCUT2D eigenvalue weighted by Crippen LogP contribution is -2.61. The van der Waals surface area contributed by atoms with Crippen LogP contribution in [0.4, 0.5) is 0 Å². The molecule has 0 amide bonds. The van der Waals surface area contributed by atoms with Crippen LogP contribution in [0.2, 0.25) is 0 Å². The van der Waals surface area contributed by atoms with Crippen LogP contribution in [0.15, 0.2) is 46.9 Å². The third-order valence-electron chi connectivity index (χ3n) is 7.25. The van der Waals surface area contributed by atoms with Crippen molar-refractivity contribution in [3.8, 4) is 11.5 Å². The summed E-state index contributed by atoms with van der Waals surface area (Å²) in [7, 11) is 0. The molecule has 6 rings (SSSR count). The van der Waals surface area contributed by atoms with Crippen molar-refractivity contribution in [3.05, 3.63) is 58.1 Å². The lowest BCUT2D eigenvalue weighted by atomic mass is 9.52. The van der Waals surface area contributed by atoms with E-state index in [-0.39, 0.29) is 23.1 Å². The molecule has 4 aliphatic carbocycles. The summed E-state index contributed by atoms with van der Waals surface area (Å²) in [6.45, 7) is 0.486. The van der Waals surface area contributed by atoms with E-state index >= 15 is 0 Å². The highest BCUT2D eigenvalue weighted by Gasteiger charge is 2.57. The zero-order chi connectivity index (χ0) is 20.9. The van der Waals surface area contributed by atoms with Gasteiger partial charge in [0.05, 0.1) is 10.0 Å². The second-order valence-electron chi connectivity index (χ2n) is 9.21. The van der Waals surface area contributed by atoms with E-state index in [2.05, 4.69) is 21.2 Å². The number of ether oxygens (including phenoxy) is 1. The quantitative estimate of drug-likeness (QED) is 0.432. The van der Waals surface area contributed by atoms with Crippen LogP contribution in [0.3, 0.4) is 0 Å². The van der Waals surface area contributed by atoms with Crippen LogP contribution in [0.5, 0.6) is 11.5 Å². The minimum Gasteiger partial charge on any atom is -0.508 e. The predicted octanol–water partition coefficient (Wildman–Crippen LogP) is 4.75. The van der Waals surface area contributed by atoms with Gasteiger partial charge in [-0.1, -0.05) is 18.2 Å². The Morgan fingerprint density at radius 2 is 1.70 bits per heavy atom. The Labute approximate surface area is 184 Å². The molecule has 4 fully saturated rings. The fourth-order valence-corrected chi connectivity index (χ4v) is 6.70. The first-order valence-corrected chi connectivity index (χ1v) is 11.4. The number of hydrogen-bond donors (Lipinski definition) is 3. The van der Waals surface area contributed by atoms with Crippen molar-refractivity contribution in [1.82, 2.24) is 5.32 Å². The highest BCUT2D eigenvalue weighted by atomic mass is 79.9. The zero-order valence-electron chi connectivity index (χ0n) is 16.7. The van der Waals surface area contributed by atoms with Gasteiger partial charge >= 0.3 is 5.97 Å². The Kier molecular flexibility index (Phi) is 5.02. The number of benzene rings is 2. The summed E-state index contributed by atoms with van der Waals surface area (Å²) in [4.78, 5) is 12.7. The first-order valence-electron chi connectivity index (χ1n) is 10.7. The van der Waals surface area contributed by atoms with Crippen molar-refractivity contribution in [1.29, 1.82) is 0 Å². The number of nitrogens with one attached hydrogen (secondary N) is 1. The number of hydrogen-bond acceptors (Lipinski definition) is 5. The number of carbonyl (C=O) groups excluding carboxylic acids is 1. The molecular formula is C24H26BrNO4. The van der Waals surface area contributed by atoms with Gasteiger partial charge in [-0.15, -0.1) is 0 Å². The van der Waals surface area contributed by atoms with E-state index in [9.17, 15) is 15.0 Å². The molecule has 0 saturated heterocycles. The van der Waals surface area contributed by atoms with Crippen LogP contribution in [0.25, 0.3) is 0 Å². The summed E-state index contributed by atoms with van der Waals surface area (Å²) in [5.41, 5.74) is 0.955. The monoisotopic (exact) mass is 471 g/mol. The van der Waals surface area contributed by atoms with Gasteiger partial charge in [-0.25, -0.2) is 4.79 Å². The van der Waals surface area contributed by atoms with E-state index in [1.54, 1.807) is 0 Å². The van der Waals surface area contributed by atoms with Crippen LogP contribution in [-0.2, 0) is 11.3 Å². The van der Waals surface area contributed by atoms with E-state index in [0.29, 0.717) is 45.9 Å². The summed E-state index contributed by atoms with van der Waals surface area (Å²) in [5.74, 6) is 1.61. The number of aromatic hydroxyl groups is 2. The van der Waals surface area contributed by atoms with Crippen molar-refractivity contribution < 1.29 is 19.7 Å². The smallest absolute Gasteiger partial charge is 0.338 e. The zero-order valence-corrected chi connectivity index (χ0v) is 18.3. The number of rotatable bonds is 5. The van der Waals surface area contributed by atoms with Gasteiger partial charge in [0.1, 0.15) is 17.1 Å². The Balaban J connectivity index is 1.30. The fraction of sp³-hybridized carbons (Fsp3) is 0.458. The third-order valence-corrected chi connectivity index (χ3v) is 8.13. The van der Waals surface area contributed by atoms with Crippen LogP contribution < -0.4 is 5.32 Å². The topological polar surface area (TPSA) is 78.8 Å². The molecule has 0 aliphatic heterocycles. The van der Waals surface area contributed by atoms with Crippen LogP contribution in [0, 0.1) is 17.8 Å². The third kappa shape index (κ3) is 3.50. The summed E-state index contributed by atoms with van der Waals surface area (Å²) in [6, 6.07) is 12.6. The number of phenolic OH excluding ortho intramolecular Hbond substituents is 2. The van der Waals surface area contributed by atoms with Gasteiger partial charge in [-0.2, -0.15) is 0 Å². The Bertz CT molecular complexity index is 947. The molecule has 2 aromatic rings. The van der Waals surface area contributed by atoms with Crippen molar-refractivity contribution in [2.45, 2.75) is 50.3 Å². The Morgan fingerprint density at radius 1 is 1.03 bits per heavy atom. The molecule has 2 unspecified atom stereocenters. The largest absolute Gasteiger partial charge is 0.508 e. The van der Waals surface area contributed by atoms with Crippen LogP contribution in [0.1, 0.15) is 48.0 Å². The van der Waals surface area contributed by atoms with Gasteiger partial charge in [-0.05, 0) is 90.1 Å². The second-order valence-corrected chi connectivity index (χ2v) is 10.0. The highest BCUT2D eigenvalue weighted by molar-refractivity contribution is 9.10. The summed E-state index contributed by atoms with van der Waals surface area (Å²) >= 11 is 3.38. The Hall–Kier alpha value is -2.05. The molecule has 5 nitrogen and oxygen atoms in total. The van der Waals surface area contributed by atoms with E-state index < -0.39 is 0 Å². The number of phenols is 2. The average Bonchev–Trinajstić information content (AvgIpc) is 2.72. The lowest BCUT2D eigenvalue weighted by Gasteiger charge is -2.59. The van der Waals surface area contributed by atoms with Gasteiger partial charge < -0.3 is 20.3 Å². The molecule has 30 heavy (non-hydrogen) atoms. The average molecular weight is 472 g/mol. The van der Waals surface area contributed by atoms with Crippen molar-refractivity contribution in [2.24, 2.45) is 17.8 Å². The van der Waals surface area contributed by atoms with E-state index in [0.717, 1.165) is 32.1 Å². The van der Waals surface area contributed by atoms with E-state index in [4.69, 9.17) is 4.74 Å². The predicted molar refractivity (Wildman–Crippen MR) is 116 cm³/mol. The molecule has 2 atom stereocenters. The molecule has 4 bridgehead atoms. The minimum atomic E-state index is -0.338. The molecule has 0 aromatic heterocycles. The van der Waals surface area contributed by atoms with Gasteiger partial charge in [0.25, 0.3) is 0 Å². The Morgan fingerprint density at radius 3 is 2.40 bits per heavy atom. The van der Waals surface area contributed by atoms with Gasteiger partial charge in [-0.3, -0.25) is 0 Å². The van der Waals surface area contributed by atoms with Crippen LogP contribution in [-0.4, -0.2) is 27.8 Å². The highest BCUT2D eigenvalue weighted by Crippen LogP contribution is 2.57. The number of halogens is 1. The number of esters is 1. The molecule has 6 heteroatoms. The maximum Gasteiger partial charge on any atom is 0.338 e. The molecular weight excluding hydrogens is 446 g/mol. The molecule has 2 aromatic carbocycles. The van der Waals surface area contributed by atoms with Crippen molar-refractivity contribution >= 4 is 21.9 Å². The maximum absolute atomic E-state index is 12.7. The molecule has 158 valence electrons. The van der Waals surface area contributed by atoms with Gasteiger partial charge in [0, 0.05) is 18.2 Å². The van der Waals surface area contributed by atoms with Gasteiger partial charge in [0.2, 0.25) is 0 Å². The molecule has 4 saturated carbocycles. The first kappa shape index (κ1) is 19.9. The molecule has 0 heterocycles. The fourth-order valence-electron chi connectivity index (χ4n) is 6.22. The maximum atomic E-state index is 12.7. The van der Waals surface area contributed by atoms with Crippen molar-refractivity contribution in [2.75, 3.05) is 0 Å². The summed E-state index contributed by atoms with van der Waals surface area (Å²) < 4.78 is 6.69. The molecule has 4 aliphatic rings. The van der Waals surface area contributed by atoms with Crippen LogP contribution >= 0.6 is 15.9 Å². The molecule has 3 N–H and O–H groups in total. The lowest BCUT2D eigenvalue weighted by molar-refractivity contribution is -0.144. The second kappa shape index (κ2) is 7.57. The standard InChI is InChI=1S/C24H26BrNO4/c25-21-18(19(27)6-7-20(21)28)13-26-22-16-8-14-9-17(22)12-24(10-14,11-16)30-23(29)15-4-2-1-3-5-15/h1-7,14,16-17,22,26-28H,8-13H2. The normalized spacial score (nSPS) is 31.6. The molecule has 0 radical (unpaired) electrons. The number of carbonyl (C=O) groups is 1. The van der Waals surface area contributed by atoms with E-state index in [1.165, 1.54) is 12.1 Å². The van der Waals surface area contributed by atoms with Gasteiger partial charge in [0.15, 0.2) is 0 Å². The van der Waals surface area contributed by atoms with Crippen molar-refractivity contribution in [3.63, 3.8) is 0 Å². The SMILES string of the molecule is O=C(OC12CC3CC(C1)C(NCc1c(O)ccc(O)c1Br)C(C3)C2)c1ccccc1.